The van der Waals surface area contributed by atoms with Gasteiger partial charge in [-0.1, -0.05) is 73.5 Å². The van der Waals surface area contributed by atoms with Crippen LogP contribution < -0.4 is 0 Å². The lowest BCUT2D eigenvalue weighted by atomic mass is 9.80. The van der Waals surface area contributed by atoms with Gasteiger partial charge in [0.15, 0.2) is 0 Å². The Labute approximate surface area is 529 Å². The standard InChI is InChI=1S/C76H42N6S6/c77-37-41-11-19-59-51(29-41)55-33-45(15-23-63(55)85-59)69-70(46-16-24-64-56(34-46)52-30-42(38-78)12-20-60(52)86-64)72(48-18-26-66-58(36-48)54-32-44(40-80)14-22-62(54)88-66)76-75(71(69)47-17-25-65-57(35-47)53-31-43(39-79)13-21-61(53)87-65)81-73-67(83-49-7-3-1-4-8-49)27-28-68(74(73)82-76)84-50-9-5-2-6-10-50/h1,3-4,7-8,11-36,50H,2,5-6,9-10H2. The van der Waals surface area contributed by atoms with Crippen molar-refractivity contribution in [1.29, 1.82) is 21.0 Å². The second kappa shape index (κ2) is 21.2. The molecule has 5 aromatic heterocycles. The van der Waals surface area contributed by atoms with Crippen molar-refractivity contribution in [3.63, 3.8) is 0 Å². The van der Waals surface area contributed by atoms with E-state index < -0.39 is 0 Å². The SMILES string of the molecule is N#Cc1ccc2sc3ccc(-c4c(-c5ccc6sc7ccc(C#N)cc7c6c5)c(-c5ccc6sc7ccc(C#N)cc7c6c5)c5nc6c(SC7CCCCC7)ccc(Sc7ccccc7)c6nc5c4-c4ccc5sc6ccc(C#N)cc6c5c4)cc3c2c1. The molecular weight excluding hydrogens is 1190 g/mol. The largest absolute Gasteiger partial charge is 0.243 e. The van der Waals surface area contributed by atoms with Gasteiger partial charge in [0.25, 0.3) is 0 Å². The number of hydrogen-bond donors (Lipinski definition) is 0. The van der Waals surface area contributed by atoms with Gasteiger partial charge in [0.05, 0.1) is 57.6 Å². The Morgan fingerprint density at radius 3 is 1.03 bits per heavy atom. The maximum absolute atomic E-state index is 10.3. The van der Waals surface area contributed by atoms with Crippen molar-refractivity contribution < 1.29 is 0 Å². The minimum Gasteiger partial charge on any atom is -0.243 e. The number of rotatable bonds is 8. The van der Waals surface area contributed by atoms with Crippen molar-refractivity contribution in [2.45, 2.75) is 52.0 Å². The van der Waals surface area contributed by atoms with Crippen LogP contribution in [-0.2, 0) is 0 Å². The predicted octanol–water partition coefficient (Wildman–Crippen LogP) is 23.0. The van der Waals surface area contributed by atoms with E-state index in [1.54, 1.807) is 57.1 Å². The lowest BCUT2D eigenvalue weighted by Gasteiger charge is -2.25. The quantitative estimate of drug-likeness (QED) is 0.138. The van der Waals surface area contributed by atoms with Gasteiger partial charge in [-0.15, -0.1) is 57.1 Å². The van der Waals surface area contributed by atoms with Crippen molar-refractivity contribution in [3.05, 3.63) is 210 Å². The number of aromatic nitrogens is 2. The second-order valence-corrected chi connectivity index (χ2v) is 29.3. The van der Waals surface area contributed by atoms with Crippen molar-refractivity contribution in [3.8, 4) is 68.8 Å². The average Bonchev–Trinajstić information content (AvgIpc) is 3.37. The first-order chi connectivity index (χ1) is 43.3. The maximum Gasteiger partial charge on any atom is 0.105 e. The van der Waals surface area contributed by atoms with E-state index in [1.165, 1.54) is 19.3 Å². The van der Waals surface area contributed by atoms with Gasteiger partial charge in [0, 0.05) is 123 Å². The summed E-state index contributed by atoms with van der Waals surface area (Å²) in [6.45, 7) is 0. The molecule has 17 rings (SSSR count). The van der Waals surface area contributed by atoms with Crippen LogP contribution in [0.1, 0.15) is 54.4 Å². The predicted molar refractivity (Wildman–Crippen MR) is 372 cm³/mol. The smallest absolute Gasteiger partial charge is 0.105 e. The molecule has 1 aliphatic rings. The Morgan fingerprint density at radius 2 is 0.659 bits per heavy atom. The molecule has 1 aliphatic carbocycles. The summed E-state index contributed by atoms with van der Waals surface area (Å²) in [4.78, 5) is 15.6. The van der Waals surface area contributed by atoms with Gasteiger partial charge in [-0.25, -0.2) is 9.97 Å². The Balaban J connectivity index is 1.10. The van der Waals surface area contributed by atoms with Gasteiger partial charge in [0.1, 0.15) is 11.0 Å². The van der Waals surface area contributed by atoms with E-state index >= 15 is 0 Å². The van der Waals surface area contributed by atoms with Crippen LogP contribution >= 0.6 is 68.9 Å². The highest BCUT2D eigenvalue weighted by Crippen LogP contribution is 2.55. The van der Waals surface area contributed by atoms with Crippen LogP contribution in [0.25, 0.3) is 147 Å². The van der Waals surface area contributed by atoms with Gasteiger partial charge in [-0.2, -0.15) is 21.0 Å². The van der Waals surface area contributed by atoms with Crippen LogP contribution in [0, 0.1) is 45.3 Å². The van der Waals surface area contributed by atoms with Crippen LogP contribution in [-0.4, -0.2) is 15.2 Å². The van der Waals surface area contributed by atoms with Gasteiger partial charge in [0.2, 0.25) is 0 Å². The lowest BCUT2D eigenvalue weighted by Crippen LogP contribution is -2.08. The fourth-order valence-corrected chi connectivity index (χ4v) is 19.7. The van der Waals surface area contributed by atoms with Crippen LogP contribution in [0.15, 0.2) is 203 Å². The van der Waals surface area contributed by atoms with E-state index in [9.17, 15) is 21.0 Å². The molecule has 412 valence electrons. The molecule has 0 amide bonds. The highest BCUT2D eigenvalue weighted by atomic mass is 32.2. The van der Waals surface area contributed by atoms with Crippen molar-refractivity contribution in [2.75, 3.05) is 0 Å². The monoisotopic (exact) mass is 1230 g/mol. The molecule has 0 unspecified atom stereocenters. The van der Waals surface area contributed by atoms with Crippen LogP contribution in [0.3, 0.4) is 0 Å². The van der Waals surface area contributed by atoms with Crippen molar-refractivity contribution >= 4 is 172 Å². The molecular formula is C76H42N6S6. The van der Waals surface area contributed by atoms with E-state index in [0.29, 0.717) is 27.5 Å². The fraction of sp³-hybridized carbons (Fsp3) is 0.0789. The fourth-order valence-electron chi connectivity index (χ4n) is 13.2. The molecule has 0 N–H and O–H groups in total. The molecule has 0 atom stereocenters. The molecule has 0 aliphatic heterocycles. The lowest BCUT2D eigenvalue weighted by molar-refractivity contribution is 0.516. The van der Waals surface area contributed by atoms with E-state index in [1.807, 2.05) is 60.3 Å². The molecule has 88 heavy (non-hydrogen) atoms. The Kier molecular flexibility index (Phi) is 12.7. The van der Waals surface area contributed by atoms with Gasteiger partial charge in [-0.3, -0.25) is 0 Å². The minimum atomic E-state index is 0.442. The highest BCUT2D eigenvalue weighted by molar-refractivity contribution is 8.00. The van der Waals surface area contributed by atoms with Crippen molar-refractivity contribution in [2.24, 2.45) is 0 Å². The molecule has 12 heteroatoms. The molecule has 0 saturated heterocycles. The number of hydrogen-bond acceptors (Lipinski definition) is 12. The molecule has 0 spiro atoms. The maximum atomic E-state index is 10.3. The third-order valence-electron chi connectivity index (χ3n) is 17.3. The van der Waals surface area contributed by atoms with E-state index in [4.69, 9.17) is 9.97 Å². The van der Waals surface area contributed by atoms with E-state index in [2.05, 4.69) is 164 Å². The Bertz CT molecular complexity index is 5880. The number of benzene rings is 11. The van der Waals surface area contributed by atoms with E-state index in [0.717, 1.165) is 175 Å². The summed E-state index contributed by atoms with van der Waals surface area (Å²) in [6.07, 6.45) is 5.95. The van der Waals surface area contributed by atoms with E-state index in [-0.39, 0.29) is 0 Å². The van der Waals surface area contributed by atoms with Crippen LogP contribution in [0.2, 0.25) is 0 Å². The zero-order valence-electron chi connectivity index (χ0n) is 46.6. The van der Waals surface area contributed by atoms with Crippen LogP contribution in [0.4, 0.5) is 0 Å². The summed E-state index contributed by atoms with van der Waals surface area (Å²) in [6, 6.07) is 76.0. The summed E-state index contributed by atoms with van der Waals surface area (Å²) in [5.74, 6) is 0. The zero-order chi connectivity index (χ0) is 58.7. The number of fused-ring (bicyclic) bond motifs is 14. The normalized spacial score (nSPS) is 13.0. The van der Waals surface area contributed by atoms with Crippen molar-refractivity contribution in [1.82, 2.24) is 9.97 Å². The first-order valence-electron chi connectivity index (χ1n) is 29.1. The first-order valence-corrected chi connectivity index (χ1v) is 34.0. The minimum absolute atomic E-state index is 0.442. The molecule has 0 bridgehead atoms. The second-order valence-electron chi connectivity index (χ2n) is 22.5. The summed E-state index contributed by atoms with van der Waals surface area (Å²) < 4.78 is 8.86. The number of nitrogens with zero attached hydrogens (tertiary/aromatic N) is 6. The Hall–Kier alpha value is -9.44. The van der Waals surface area contributed by atoms with Crippen LogP contribution in [0.5, 0.6) is 0 Å². The zero-order valence-corrected chi connectivity index (χ0v) is 51.5. The topological polar surface area (TPSA) is 121 Å². The highest BCUT2D eigenvalue weighted by Gasteiger charge is 2.30. The number of nitriles is 4. The third-order valence-corrected chi connectivity index (χ3v) is 24.4. The summed E-state index contributed by atoms with van der Waals surface area (Å²) in [5.41, 5.74) is 13.2. The molecule has 1 fully saturated rings. The molecule has 6 nitrogen and oxygen atoms in total. The summed E-state index contributed by atoms with van der Waals surface area (Å²) in [5, 5.41) is 50.0. The number of thiophene rings is 4. The third kappa shape index (κ3) is 8.75. The van der Waals surface area contributed by atoms with Gasteiger partial charge < -0.3 is 0 Å². The molecule has 5 heterocycles. The Morgan fingerprint density at radius 1 is 0.330 bits per heavy atom. The molecule has 16 aromatic rings. The number of thioether (sulfide) groups is 1. The summed E-state index contributed by atoms with van der Waals surface area (Å²) >= 11 is 10.6. The van der Waals surface area contributed by atoms with Gasteiger partial charge >= 0.3 is 0 Å². The molecule has 11 aromatic carbocycles. The van der Waals surface area contributed by atoms with Gasteiger partial charge in [-0.05, 0) is 181 Å². The average molecular weight is 1230 g/mol. The molecule has 0 radical (unpaired) electrons. The summed E-state index contributed by atoms with van der Waals surface area (Å²) in [7, 11) is 0. The first kappa shape index (κ1) is 52.9. The molecule has 1 saturated carbocycles.